The van der Waals surface area contributed by atoms with E-state index in [0.717, 1.165) is 21.2 Å². The van der Waals surface area contributed by atoms with E-state index in [1.807, 2.05) is 31.2 Å². The standard InChI is InChI=1S/C24H21N3O6S/c1-3-32-19-7-5-4-6-17(19)22-26-15(13-34-22)11-21(29)33-12-20(28)25-14-8-9-16-18(10-14)24(31)27(2)23(16)30/h4-10,13H,3,11-12H2,1-2H3,(H,25,28). The summed E-state index contributed by atoms with van der Waals surface area (Å²) >= 11 is 1.39. The van der Waals surface area contributed by atoms with Crippen molar-refractivity contribution in [2.45, 2.75) is 13.3 Å². The molecular formula is C24H21N3O6S. The maximum Gasteiger partial charge on any atom is 0.312 e. The lowest BCUT2D eigenvalue weighted by Crippen LogP contribution is -2.24. The largest absolute Gasteiger partial charge is 0.493 e. The number of rotatable bonds is 8. The number of ether oxygens (including phenoxy) is 2. The second-order valence-corrected chi connectivity index (χ2v) is 8.25. The van der Waals surface area contributed by atoms with Crippen molar-refractivity contribution in [1.82, 2.24) is 9.88 Å². The molecule has 10 heteroatoms. The molecule has 0 saturated carbocycles. The molecule has 3 amide bonds. The van der Waals surface area contributed by atoms with Gasteiger partial charge in [0, 0.05) is 18.1 Å². The van der Waals surface area contributed by atoms with Crippen LogP contribution in [0.3, 0.4) is 0 Å². The number of hydrogen-bond acceptors (Lipinski definition) is 8. The molecule has 0 atom stereocenters. The zero-order valence-corrected chi connectivity index (χ0v) is 19.3. The fourth-order valence-electron chi connectivity index (χ4n) is 3.42. The van der Waals surface area contributed by atoms with Crippen LogP contribution in [0.15, 0.2) is 47.8 Å². The topological polar surface area (TPSA) is 115 Å². The number of aromatic nitrogens is 1. The van der Waals surface area contributed by atoms with E-state index in [4.69, 9.17) is 9.47 Å². The zero-order valence-electron chi connectivity index (χ0n) is 18.5. The van der Waals surface area contributed by atoms with E-state index in [1.165, 1.54) is 36.6 Å². The molecule has 2 aromatic carbocycles. The van der Waals surface area contributed by atoms with Crippen molar-refractivity contribution in [2.75, 3.05) is 25.6 Å². The lowest BCUT2D eigenvalue weighted by molar-refractivity contribution is -0.146. The number of nitrogens with zero attached hydrogens (tertiary/aromatic N) is 2. The maximum absolute atomic E-state index is 12.2. The van der Waals surface area contributed by atoms with Crippen LogP contribution in [0.4, 0.5) is 5.69 Å². The molecule has 0 fully saturated rings. The summed E-state index contributed by atoms with van der Waals surface area (Å²) in [5.41, 5.74) is 2.20. The number of carbonyl (C=O) groups excluding carboxylic acids is 4. The van der Waals surface area contributed by atoms with Crippen LogP contribution in [0, 0.1) is 0 Å². The number of amides is 3. The van der Waals surface area contributed by atoms with E-state index in [0.29, 0.717) is 18.0 Å². The SMILES string of the molecule is CCOc1ccccc1-c1nc(CC(=O)OCC(=O)Nc2ccc3c(c2)C(=O)N(C)C3=O)cs1. The van der Waals surface area contributed by atoms with Crippen LogP contribution in [0.5, 0.6) is 5.75 Å². The van der Waals surface area contributed by atoms with Crippen LogP contribution in [0.25, 0.3) is 10.6 Å². The number of fused-ring (bicyclic) bond motifs is 1. The number of benzene rings is 2. The molecule has 9 nitrogen and oxygen atoms in total. The lowest BCUT2D eigenvalue weighted by atomic mass is 10.1. The van der Waals surface area contributed by atoms with E-state index in [-0.39, 0.29) is 17.5 Å². The zero-order chi connectivity index (χ0) is 24.2. The van der Waals surface area contributed by atoms with Gasteiger partial charge in [-0.2, -0.15) is 0 Å². The summed E-state index contributed by atoms with van der Waals surface area (Å²) in [4.78, 5) is 53.9. The first-order valence-electron chi connectivity index (χ1n) is 10.5. The van der Waals surface area contributed by atoms with Gasteiger partial charge in [0.1, 0.15) is 10.8 Å². The molecule has 0 unspecified atom stereocenters. The van der Waals surface area contributed by atoms with Crippen molar-refractivity contribution in [1.29, 1.82) is 0 Å². The highest BCUT2D eigenvalue weighted by Crippen LogP contribution is 2.32. The third-order valence-electron chi connectivity index (χ3n) is 5.03. The summed E-state index contributed by atoms with van der Waals surface area (Å²) < 4.78 is 10.7. The molecule has 1 aromatic heterocycles. The Bertz CT molecular complexity index is 1290. The van der Waals surface area contributed by atoms with Crippen LogP contribution in [-0.4, -0.2) is 53.8 Å². The number of esters is 1. The highest BCUT2D eigenvalue weighted by atomic mass is 32.1. The number of thiazole rings is 1. The summed E-state index contributed by atoms with van der Waals surface area (Å²) in [6.07, 6.45) is -0.0810. The van der Waals surface area contributed by atoms with Gasteiger partial charge in [-0.05, 0) is 37.3 Å². The molecule has 0 spiro atoms. The van der Waals surface area contributed by atoms with E-state index in [1.54, 1.807) is 5.38 Å². The van der Waals surface area contributed by atoms with Gasteiger partial charge < -0.3 is 14.8 Å². The number of nitrogens with one attached hydrogen (secondary N) is 1. The number of para-hydroxylation sites is 1. The monoisotopic (exact) mass is 479 g/mol. The van der Waals surface area contributed by atoms with Gasteiger partial charge in [-0.1, -0.05) is 12.1 Å². The predicted molar refractivity (Wildman–Crippen MR) is 125 cm³/mol. The molecule has 0 bridgehead atoms. The van der Waals surface area contributed by atoms with E-state index in [9.17, 15) is 19.2 Å². The quantitative estimate of drug-likeness (QED) is 0.390. The summed E-state index contributed by atoms with van der Waals surface area (Å²) in [5.74, 6) is -1.27. The molecule has 1 aliphatic rings. The Morgan fingerprint density at radius 2 is 1.82 bits per heavy atom. The molecule has 0 radical (unpaired) electrons. The van der Waals surface area contributed by atoms with Gasteiger partial charge in [0.15, 0.2) is 6.61 Å². The van der Waals surface area contributed by atoms with Crippen LogP contribution in [-0.2, 0) is 20.7 Å². The van der Waals surface area contributed by atoms with Gasteiger partial charge in [-0.25, -0.2) is 4.98 Å². The lowest BCUT2D eigenvalue weighted by Gasteiger charge is -2.07. The second-order valence-electron chi connectivity index (χ2n) is 7.39. The normalized spacial score (nSPS) is 12.5. The van der Waals surface area contributed by atoms with E-state index in [2.05, 4.69) is 10.3 Å². The van der Waals surface area contributed by atoms with Crippen LogP contribution in [0.2, 0.25) is 0 Å². The summed E-state index contributed by atoms with van der Waals surface area (Å²) in [6, 6.07) is 11.9. The first-order chi connectivity index (χ1) is 16.4. The first-order valence-corrected chi connectivity index (χ1v) is 11.3. The van der Waals surface area contributed by atoms with Crippen LogP contribution >= 0.6 is 11.3 Å². The fraction of sp³-hybridized carbons (Fsp3) is 0.208. The highest BCUT2D eigenvalue weighted by Gasteiger charge is 2.32. The molecule has 2 heterocycles. The molecule has 174 valence electrons. The van der Waals surface area contributed by atoms with Crippen molar-refractivity contribution < 1.29 is 28.7 Å². The maximum atomic E-state index is 12.2. The van der Waals surface area contributed by atoms with Crippen molar-refractivity contribution in [2.24, 2.45) is 0 Å². The van der Waals surface area contributed by atoms with Crippen molar-refractivity contribution in [3.8, 4) is 16.3 Å². The van der Waals surface area contributed by atoms with E-state index >= 15 is 0 Å². The minimum atomic E-state index is -0.596. The van der Waals surface area contributed by atoms with Crippen molar-refractivity contribution in [3.63, 3.8) is 0 Å². The predicted octanol–water partition coefficient (Wildman–Crippen LogP) is 3.16. The minimum Gasteiger partial charge on any atom is -0.493 e. The Balaban J connectivity index is 1.31. The minimum absolute atomic E-state index is 0.0810. The molecule has 1 N–H and O–H groups in total. The van der Waals surface area contributed by atoms with Gasteiger partial charge in [-0.3, -0.25) is 24.1 Å². The van der Waals surface area contributed by atoms with Crippen molar-refractivity contribution >= 4 is 40.7 Å². The molecular weight excluding hydrogens is 458 g/mol. The van der Waals surface area contributed by atoms with Gasteiger partial charge in [0.25, 0.3) is 17.7 Å². The van der Waals surface area contributed by atoms with Gasteiger partial charge >= 0.3 is 5.97 Å². The Labute approximate surface area is 199 Å². The molecule has 1 aliphatic heterocycles. The van der Waals surface area contributed by atoms with Gasteiger partial charge in [-0.15, -0.1) is 11.3 Å². The van der Waals surface area contributed by atoms with Gasteiger partial charge in [0.2, 0.25) is 0 Å². The van der Waals surface area contributed by atoms with Crippen LogP contribution < -0.4 is 10.1 Å². The third kappa shape index (κ3) is 4.81. The number of anilines is 1. The summed E-state index contributed by atoms with van der Waals surface area (Å²) in [6.45, 7) is 1.94. The van der Waals surface area contributed by atoms with Gasteiger partial charge in [0.05, 0.1) is 35.4 Å². The van der Waals surface area contributed by atoms with Crippen LogP contribution in [0.1, 0.15) is 33.3 Å². The number of hydrogen-bond donors (Lipinski definition) is 1. The molecule has 3 aromatic rings. The smallest absolute Gasteiger partial charge is 0.312 e. The molecule has 34 heavy (non-hydrogen) atoms. The molecule has 0 saturated heterocycles. The summed E-state index contributed by atoms with van der Waals surface area (Å²) in [5, 5.41) is 5.04. The Morgan fingerprint density at radius 3 is 2.62 bits per heavy atom. The average Bonchev–Trinajstić information content (AvgIpc) is 3.37. The second kappa shape index (κ2) is 9.84. The molecule has 0 aliphatic carbocycles. The van der Waals surface area contributed by atoms with Crippen molar-refractivity contribution in [3.05, 3.63) is 64.7 Å². The Kier molecular flexibility index (Phi) is 6.69. The first kappa shape index (κ1) is 23.1. The number of carbonyl (C=O) groups is 4. The highest BCUT2D eigenvalue weighted by molar-refractivity contribution is 7.13. The Morgan fingerprint density at radius 1 is 1.06 bits per heavy atom. The average molecular weight is 480 g/mol. The number of imide groups is 1. The Hall–Kier alpha value is -4.05. The summed E-state index contributed by atoms with van der Waals surface area (Å²) in [7, 11) is 1.39. The van der Waals surface area contributed by atoms with E-state index < -0.39 is 30.3 Å². The molecule has 4 rings (SSSR count). The fourth-order valence-corrected chi connectivity index (χ4v) is 4.27. The third-order valence-corrected chi connectivity index (χ3v) is 5.96.